The van der Waals surface area contributed by atoms with Crippen molar-refractivity contribution in [2.24, 2.45) is 5.10 Å². The Morgan fingerprint density at radius 2 is 1.55 bits per heavy atom. The van der Waals surface area contributed by atoms with Crippen molar-refractivity contribution >= 4 is 12.1 Å². The topological polar surface area (TPSA) is 87.6 Å². The highest BCUT2D eigenvalue weighted by Crippen LogP contribution is 2.38. The average molecular weight is 431 g/mol. The van der Waals surface area contributed by atoms with Crippen molar-refractivity contribution in [1.29, 1.82) is 0 Å². The Labute approximate surface area is 183 Å². The molecule has 8 heteroatoms. The smallest absolute Gasteiger partial charge is 0.271 e. The van der Waals surface area contributed by atoms with E-state index in [4.69, 9.17) is 23.7 Å². The standard InChI is InChI=1S/C23H30N2O6/c1-6-10-30-18-9-8-16(19(14-18)31-11-7-2)15-24-25-23(26)17-12-20(27-3)22(29-5)21(13-17)28-4/h8-9,12-15H,6-7,10-11H2,1-5H3,(H,25,26)/b24-15+. The number of methoxy groups -OCH3 is 3. The molecule has 0 unspecified atom stereocenters. The fourth-order valence-corrected chi connectivity index (χ4v) is 2.71. The van der Waals surface area contributed by atoms with E-state index < -0.39 is 5.91 Å². The molecule has 0 heterocycles. The van der Waals surface area contributed by atoms with Gasteiger partial charge in [-0.2, -0.15) is 5.10 Å². The maximum Gasteiger partial charge on any atom is 0.271 e. The number of carbonyl (C=O) groups is 1. The third-order valence-electron chi connectivity index (χ3n) is 4.22. The molecule has 0 aromatic heterocycles. The molecule has 0 saturated carbocycles. The van der Waals surface area contributed by atoms with E-state index in [0.717, 1.165) is 24.2 Å². The van der Waals surface area contributed by atoms with Gasteiger partial charge in [0, 0.05) is 17.2 Å². The van der Waals surface area contributed by atoms with E-state index in [-0.39, 0.29) is 0 Å². The van der Waals surface area contributed by atoms with E-state index in [9.17, 15) is 4.79 Å². The predicted octanol–water partition coefficient (Wildman–Crippen LogP) is 4.05. The summed E-state index contributed by atoms with van der Waals surface area (Å²) in [6.45, 7) is 5.27. The first-order valence-electron chi connectivity index (χ1n) is 10.1. The third-order valence-corrected chi connectivity index (χ3v) is 4.22. The number of ether oxygens (including phenoxy) is 5. The molecule has 1 amide bonds. The van der Waals surface area contributed by atoms with Crippen molar-refractivity contribution in [2.45, 2.75) is 26.7 Å². The summed E-state index contributed by atoms with van der Waals surface area (Å²) in [6.07, 6.45) is 3.32. The molecule has 2 aromatic carbocycles. The molecule has 8 nitrogen and oxygen atoms in total. The van der Waals surface area contributed by atoms with Crippen LogP contribution in [0.2, 0.25) is 0 Å². The summed E-state index contributed by atoms with van der Waals surface area (Å²) >= 11 is 0. The number of benzene rings is 2. The van der Waals surface area contributed by atoms with Crippen LogP contribution < -0.4 is 29.1 Å². The van der Waals surface area contributed by atoms with Gasteiger partial charge in [-0.25, -0.2) is 5.43 Å². The Morgan fingerprint density at radius 3 is 2.13 bits per heavy atom. The minimum atomic E-state index is -0.422. The monoisotopic (exact) mass is 430 g/mol. The Kier molecular flexibility index (Phi) is 9.48. The molecule has 0 radical (unpaired) electrons. The minimum Gasteiger partial charge on any atom is -0.493 e. The molecule has 0 saturated heterocycles. The zero-order chi connectivity index (χ0) is 22.6. The molecule has 0 aliphatic carbocycles. The molecule has 2 aromatic rings. The number of rotatable bonds is 12. The number of carbonyl (C=O) groups excluding carboxylic acids is 1. The van der Waals surface area contributed by atoms with Gasteiger partial charge in [0.25, 0.3) is 5.91 Å². The van der Waals surface area contributed by atoms with Crippen molar-refractivity contribution in [3.8, 4) is 28.7 Å². The number of hydrogen-bond donors (Lipinski definition) is 1. The number of nitrogens with zero attached hydrogens (tertiary/aromatic N) is 1. The van der Waals surface area contributed by atoms with E-state index >= 15 is 0 Å². The highest BCUT2D eigenvalue weighted by Gasteiger charge is 2.16. The van der Waals surface area contributed by atoms with Gasteiger partial charge in [0.15, 0.2) is 11.5 Å². The molecule has 0 fully saturated rings. The Balaban J connectivity index is 2.18. The van der Waals surface area contributed by atoms with Gasteiger partial charge >= 0.3 is 0 Å². The lowest BCUT2D eigenvalue weighted by molar-refractivity contribution is 0.0954. The fourth-order valence-electron chi connectivity index (χ4n) is 2.71. The number of hydrazone groups is 1. The highest BCUT2D eigenvalue weighted by atomic mass is 16.5. The van der Waals surface area contributed by atoms with Crippen molar-refractivity contribution < 1.29 is 28.5 Å². The van der Waals surface area contributed by atoms with Crippen molar-refractivity contribution in [1.82, 2.24) is 5.43 Å². The van der Waals surface area contributed by atoms with Crippen LogP contribution in [0.5, 0.6) is 28.7 Å². The van der Waals surface area contributed by atoms with E-state index in [0.29, 0.717) is 41.8 Å². The first kappa shape index (κ1) is 23.9. The second-order valence-electron chi connectivity index (χ2n) is 6.51. The molecule has 168 valence electrons. The van der Waals surface area contributed by atoms with Crippen LogP contribution in [-0.4, -0.2) is 46.7 Å². The summed E-state index contributed by atoms with van der Waals surface area (Å²) < 4.78 is 27.3. The molecule has 0 spiro atoms. The third kappa shape index (κ3) is 6.53. The van der Waals surface area contributed by atoms with Gasteiger partial charge in [0.05, 0.1) is 40.8 Å². The summed E-state index contributed by atoms with van der Waals surface area (Å²) in [4.78, 5) is 12.6. The normalized spacial score (nSPS) is 10.6. The zero-order valence-electron chi connectivity index (χ0n) is 18.7. The van der Waals surface area contributed by atoms with Crippen molar-refractivity contribution in [2.75, 3.05) is 34.5 Å². The maximum atomic E-state index is 12.6. The van der Waals surface area contributed by atoms with Gasteiger partial charge in [0.2, 0.25) is 5.75 Å². The maximum absolute atomic E-state index is 12.6. The predicted molar refractivity (Wildman–Crippen MR) is 119 cm³/mol. The SMILES string of the molecule is CCCOc1ccc(/C=N/NC(=O)c2cc(OC)c(OC)c(OC)c2)c(OCCC)c1. The van der Waals surface area contributed by atoms with Gasteiger partial charge in [-0.05, 0) is 37.1 Å². The van der Waals surface area contributed by atoms with Crippen molar-refractivity contribution in [3.63, 3.8) is 0 Å². The molecule has 0 bridgehead atoms. The summed E-state index contributed by atoms with van der Waals surface area (Å²) in [5.41, 5.74) is 3.55. The van der Waals surface area contributed by atoms with Gasteiger partial charge < -0.3 is 23.7 Å². The summed E-state index contributed by atoms with van der Waals surface area (Å²) in [6, 6.07) is 8.62. The largest absolute Gasteiger partial charge is 0.493 e. The van der Waals surface area contributed by atoms with Gasteiger partial charge in [0.1, 0.15) is 11.5 Å². The number of amides is 1. The van der Waals surface area contributed by atoms with Gasteiger partial charge in [-0.3, -0.25) is 4.79 Å². The van der Waals surface area contributed by atoms with Crippen LogP contribution in [0.4, 0.5) is 0 Å². The second-order valence-corrected chi connectivity index (χ2v) is 6.51. The Bertz CT molecular complexity index is 873. The molecular weight excluding hydrogens is 400 g/mol. The average Bonchev–Trinajstić information content (AvgIpc) is 2.80. The first-order chi connectivity index (χ1) is 15.1. The van der Waals surface area contributed by atoms with Crippen LogP contribution in [0.25, 0.3) is 0 Å². The van der Waals surface area contributed by atoms with E-state index in [1.165, 1.54) is 27.5 Å². The van der Waals surface area contributed by atoms with Gasteiger partial charge in [-0.15, -0.1) is 0 Å². The van der Waals surface area contributed by atoms with Crippen LogP contribution in [0, 0.1) is 0 Å². The molecule has 1 N–H and O–H groups in total. The van der Waals surface area contributed by atoms with E-state index in [2.05, 4.69) is 10.5 Å². The zero-order valence-corrected chi connectivity index (χ0v) is 18.7. The molecule has 0 aliphatic heterocycles. The van der Waals surface area contributed by atoms with Crippen LogP contribution >= 0.6 is 0 Å². The fraction of sp³-hybridized carbons (Fsp3) is 0.391. The molecule has 2 rings (SSSR count). The van der Waals surface area contributed by atoms with Gasteiger partial charge in [-0.1, -0.05) is 13.8 Å². The van der Waals surface area contributed by atoms with Crippen molar-refractivity contribution in [3.05, 3.63) is 41.5 Å². The van der Waals surface area contributed by atoms with Crippen LogP contribution in [-0.2, 0) is 0 Å². The quantitative estimate of drug-likeness (QED) is 0.404. The van der Waals surface area contributed by atoms with E-state index in [1.54, 1.807) is 12.1 Å². The number of hydrogen-bond acceptors (Lipinski definition) is 7. The minimum absolute atomic E-state index is 0.317. The lowest BCUT2D eigenvalue weighted by Crippen LogP contribution is -2.18. The molecule has 31 heavy (non-hydrogen) atoms. The lowest BCUT2D eigenvalue weighted by Gasteiger charge is -2.13. The summed E-state index contributed by atoms with van der Waals surface area (Å²) in [7, 11) is 4.48. The highest BCUT2D eigenvalue weighted by molar-refractivity contribution is 5.96. The van der Waals surface area contributed by atoms with Crippen LogP contribution in [0.15, 0.2) is 35.4 Å². The Morgan fingerprint density at radius 1 is 0.903 bits per heavy atom. The molecular formula is C23H30N2O6. The molecule has 0 atom stereocenters. The van der Waals surface area contributed by atoms with Crippen LogP contribution in [0.3, 0.4) is 0 Å². The van der Waals surface area contributed by atoms with Crippen LogP contribution in [0.1, 0.15) is 42.6 Å². The second kappa shape index (κ2) is 12.3. The van der Waals surface area contributed by atoms with E-state index in [1.807, 2.05) is 32.0 Å². The first-order valence-corrected chi connectivity index (χ1v) is 10.1. The summed E-state index contributed by atoms with van der Waals surface area (Å²) in [5, 5.41) is 4.07. The lowest BCUT2D eigenvalue weighted by atomic mass is 10.1. The number of nitrogens with one attached hydrogen (secondary N) is 1. The molecule has 0 aliphatic rings. The summed E-state index contributed by atoms with van der Waals surface area (Å²) in [5.74, 6) is 2.12. The Hall–Kier alpha value is -3.42.